The quantitative estimate of drug-likeness (QED) is 0.229. The summed E-state index contributed by atoms with van der Waals surface area (Å²) in [6.45, 7) is 4.07. The van der Waals surface area contributed by atoms with Crippen LogP contribution >= 0.6 is 0 Å². The standard InChI is InChI=1S/C32H37N3O8/c1-20-27(31(36)42-16-14-38-3)29(28(21(2)33-20)32(37)43-17-15-39-4)24-19-35(23-10-8-7-9-11-23)34-30(24)22-12-13-25(40-5)26(18-22)41-6/h7-13,18-19,29,33H,14-17H2,1-6H3. The van der Waals surface area contributed by atoms with Gasteiger partial charge in [-0.05, 0) is 44.2 Å². The third-order valence-corrected chi connectivity index (χ3v) is 6.97. The normalized spacial score (nSPS) is 13.5. The average Bonchev–Trinajstić information content (AvgIpc) is 3.46. The van der Waals surface area contributed by atoms with Crippen LogP contribution in [0.25, 0.3) is 16.9 Å². The molecule has 1 N–H and O–H groups in total. The van der Waals surface area contributed by atoms with Gasteiger partial charge in [0.15, 0.2) is 11.5 Å². The average molecular weight is 592 g/mol. The molecule has 228 valence electrons. The van der Waals surface area contributed by atoms with E-state index >= 15 is 0 Å². The summed E-state index contributed by atoms with van der Waals surface area (Å²) in [6, 6.07) is 15.0. The first-order valence-corrected chi connectivity index (χ1v) is 13.7. The van der Waals surface area contributed by atoms with E-state index in [4.69, 9.17) is 33.5 Å². The lowest BCUT2D eigenvalue weighted by molar-refractivity contribution is -0.141. The lowest BCUT2D eigenvalue weighted by Gasteiger charge is -2.30. The number of methoxy groups -OCH3 is 4. The van der Waals surface area contributed by atoms with E-state index in [1.807, 2.05) is 42.6 Å². The number of allylic oxidation sites excluding steroid dienone is 2. The van der Waals surface area contributed by atoms with Crippen LogP contribution in [0.2, 0.25) is 0 Å². The number of carbonyl (C=O) groups is 2. The summed E-state index contributed by atoms with van der Waals surface area (Å²) in [5, 5.41) is 8.14. The molecule has 0 radical (unpaired) electrons. The molecule has 0 fully saturated rings. The molecule has 0 saturated carbocycles. The Morgan fingerprint density at radius 2 is 1.37 bits per heavy atom. The highest BCUT2D eigenvalue weighted by molar-refractivity contribution is 6.00. The van der Waals surface area contributed by atoms with Crippen molar-refractivity contribution in [2.24, 2.45) is 0 Å². The molecule has 1 aliphatic rings. The second kappa shape index (κ2) is 14.5. The molecule has 11 nitrogen and oxygen atoms in total. The van der Waals surface area contributed by atoms with Crippen molar-refractivity contribution in [2.75, 3.05) is 54.9 Å². The minimum absolute atomic E-state index is 0.0426. The van der Waals surface area contributed by atoms with Gasteiger partial charge in [0.2, 0.25) is 0 Å². The van der Waals surface area contributed by atoms with Crippen molar-refractivity contribution in [3.05, 3.63) is 82.8 Å². The lowest BCUT2D eigenvalue weighted by Crippen LogP contribution is -2.33. The highest BCUT2D eigenvalue weighted by Crippen LogP contribution is 2.44. The Balaban J connectivity index is 1.96. The molecule has 43 heavy (non-hydrogen) atoms. The number of ether oxygens (including phenoxy) is 6. The zero-order valence-electron chi connectivity index (χ0n) is 25.3. The van der Waals surface area contributed by atoms with E-state index in [1.54, 1.807) is 44.9 Å². The molecule has 1 aromatic heterocycles. The SMILES string of the molecule is COCCOC(=O)C1=C(C)NC(C)=C(C(=O)OCCOC)C1c1cn(-c2ccccc2)nc1-c1ccc(OC)c(OC)c1. The zero-order valence-corrected chi connectivity index (χ0v) is 25.3. The number of rotatable bonds is 13. The predicted octanol–water partition coefficient (Wildman–Crippen LogP) is 4.17. The summed E-state index contributed by atoms with van der Waals surface area (Å²) >= 11 is 0. The van der Waals surface area contributed by atoms with Gasteiger partial charge in [-0.1, -0.05) is 18.2 Å². The van der Waals surface area contributed by atoms with Crippen molar-refractivity contribution >= 4 is 11.9 Å². The molecule has 0 bridgehead atoms. The molecule has 0 aliphatic carbocycles. The van der Waals surface area contributed by atoms with Gasteiger partial charge in [-0.2, -0.15) is 5.10 Å². The van der Waals surface area contributed by atoms with E-state index in [9.17, 15) is 9.59 Å². The monoisotopic (exact) mass is 591 g/mol. The van der Waals surface area contributed by atoms with E-state index in [2.05, 4.69) is 5.32 Å². The fraction of sp³-hybridized carbons (Fsp3) is 0.344. The Labute approximate surface area is 251 Å². The van der Waals surface area contributed by atoms with Crippen molar-refractivity contribution in [1.82, 2.24) is 15.1 Å². The summed E-state index contributed by atoms with van der Waals surface area (Å²) in [7, 11) is 6.17. The van der Waals surface area contributed by atoms with Gasteiger partial charge in [0.1, 0.15) is 13.2 Å². The number of hydrogen-bond acceptors (Lipinski definition) is 10. The minimum atomic E-state index is -0.883. The first-order chi connectivity index (χ1) is 20.8. The van der Waals surface area contributed by atoms with Gasteiger partial charge in [0.25, 0.3) is 0 Å². The van der Waals surface area contributed by atoms with Crippen LogP contribution in [0.1, 0.15) is 25.3 Å². The predicted molar refractivity (Wildman–Crippen MR) is 159 cm³/mol. The van der Waals surface area contributed by atoms with E-state index in [0.29, 0.717) is 39.7 Å². The van der Waals surface area contributed by atoms with Crippen LogP contribution in [0.4, 0.5) is 0 Å². The van der Waals surface area contributed by atoms with Gasteiger partial charge in [0.05, 0.1) is 55.9 Å². The lowest BCUT2D eigenvalue weighted by atomic mass is 9.79. The van der Waals surface area contributed by atoms with E-state index < -0.39 is 17.9 Å². The number of esters is 2. The molecule has 0 saturated heterocycles. The van der Waals surface area contributed by atoms with Crippen molar-refractivity contribution < 1.29 is 38.0 Å². The van der Waals surface area contributed by atoms with Crippen LogP contribution in [0.5, 0.6) is 11.5 Å². The Kier molecular flexibility index (Phi) is 10.6. The number of para-hydroxylation sites is 1. The molecular weight excluding hydrogens is 554 g/mol. The molecule has 3 aromatic rings. The summed E-state index contributed by atoms with van der Waals surface area (Å²) in [6.07, 6.45) is 1.82. The molecule has 4 rings (SSSR count). The van der Waals surface area contributed by atoms with Gasteiger partial charge in [0, 0.05) is 42.9 Å². The van der Waals surface area contributed by atoms with Crippen LogP contribution in [0.15, 0.2) is 77.3 Å². The number of dihydropyridines is 1. The Morgan fingerprint density at radius 3 is 1.91 bits per heavy atom. The minimum Gasteiger partial charge on any atom is -0.493 e. The van der Waals surface area contributed by atoms with Crippen LogP contribution in [0, 0.1) is 0 Å². The molecule has 1 aliphatic heterocycles. The third kappa shape index (κ3) is 6.90. The number of nitrogens with zero attached hydrogens (tertiary/aromatic N) is 2. The smallest absolute Gasteiger partial charge is 0.336 e. The Morgan fingerprint density at radius 1 is 0.791 bits per heavy atom. The van der Waals surface area contributed by atoms with Gasteiger partial charge in [-0.25, -0.2) is 14.3 Å². The number of hydrogen-bond donors (Lipinski definition) is 1. The molecule has 2 heterocycles. The van der Waals surface area contributed by atoms with Gasteiger partial charge in [-0.3, -0.25) is 0 Å². The fourth-order valence-corrected chi connectivity index (χ4v) is 4.96. The van der Waals surface area contributed by atoms with E-state index in [-0.39, 0.29) is 37.6 Å². The number of nitrogens with one attached hydrogen (secondary N) is 1. The second-order valence-electron chi connectivity index (χ2n) is 9.68. The highest BCUT2D eigenvalue weighted by Gasteiger charge is 2.40. The van der Waals surface area contributed by atoms with Crippen molar-refractivity contribution in [3.8, 4) is 28.4 Å². The van der Waals surface area contributed by atoms with Crippen LogP contribution < -0.4 is 14.8 Å². The first kappa shape index (κ1) is 31.3. The molecule has 11 heteroatoms. The highest BCUT2D eigenvalue weighted by atomic mass is 16.6. The summed E-state index contributed by atoms with van der Waals surface area (Å²) < 4.78 is 34.1. The first-order valence-electron chi connectivity index (χ1n) is 13.7. The summed E-state index contributed by atoms with van der Waals surface area (Å²) in [5.74, 6) is -1.01. The van der Waals surface area contributed by atoms with Crippen LogP contribution in [-0.2, 0) is 28.5 Å². The van der Waals surface area contributed by atoms with Gasteiger partial charge < -0.3 is 33.7 Å². The number of aromatic nitrogens is 2. The number of carbonyl (C=O) groups excluding carboxylic acids is 2. The van der Waals surface area contributed by atoms with Gasteiger partial charge in [-0.15, -0.1) is 0 Å². The maximum Gasteiger partial charge on any atom is 0.336 e. The second-order valence-corrected chi connectivity index (χ2v) is 9.68. The van der Waals surface area contributed by atoms with E-state index in [0.717, 1.165) is 5.69 Å². The van der Waals surface area contributed by atoms with Crippen LogP contribution in [0.3, 0.4) is 0 Å². The summed E-state index contributed by atoms with van der Waals surface area (Å²) in [5.41, 5.74) is 4.21. The molecule has 2 aromatic carbocycles. The topological polar surface area (TPSA) is 119 Å². The fourth-order valence-electron chi connectivity index (χ4n) is 4.96. The third-order valence-electron chi connectivity index (χ3n) is 6.97. The maximum absolute atomic E-state index is 13.7. The Bertz CT molecular complexity index is 1470. The van der Waals surface area contributed by atoms with Crippen molar-refractivity contribution in [3.63, 3.8) is 0 Å². The molecular formula is C32H37N3O8. The maximum atomic E-state index is 13.7. The van der Waals surface area contributed by atoms with Crippen LogP contribution in [-0.4, -0.2) is 76.6 Å². The van der Waals surface area contributed by atoms with Crippen molar-refractivity contribution in [2.45, 2.75) is 19.8 Å². The zero-order chi connectivity index (χ0) is 30.9. The Hall–Kier alpha value is -4.61. The molecule has 0 atom stereocenters. The molecule has 0 spiro atoms. The van der Waals surface area contributed by atoms with Gasteiger partial charge >= 0.3 is 11.9 Å². The molecule has 0 amide bonds. The number of benzene rings is 2. The van der Waals surface area contributed by atoms with Crippen molar-refractivity contribution in [1.29, 1.82) is 0 Å². The largest absolute Gasteiger partial charge is 0.493 e. The van der Waals surface area contributed by atoms with E-state index in [1.165, 1.54) is 14.2 Å². The molecule has 0 unspecified atom stereocenters. The summed E-state index contributed by atoms with van der Waals surface area (Å²) in [4.78, 5) is 27.4.